The Kier molecular flexibility index (Phi) is 6.36. The Bertz CT molecular complexity index is 333. The van der Waals surface area contributed by atoms with Crippen molar-refractivity contribution in [2.75, 3.05) is 6.61 Å². The largest absolute Gasteiger partial charge is 0.396 e. The van der Waals surface area contributed by atoms with Crippen molar-refractivity contribution in [3.63, 3.8) is 0 Å². The smallest absolute Gasteiger partial charge is 0.0622 e. The van der Waals surface area contributed by atoms with Crippen molar-refractivity contribution in [3.8, 4) is 0 Å². The molecule has 2 aliphatic carbocycles. The average molecular weight is 311 g/mol. The van der Waals surface area contributed by atoms with Gasteiger partial charge in [0, 0.05) is 6.61 Å². The van der Waals surface area contributed by atoms with E-state index < -0.39 is 5.60 Å². The molecule has 0 amide bonds. The maximum Gasteiger partial charge on any atom is 0.0622 e. The Morgan fingerprint density at radius 2 is 1.77 bits per heavy atom. The van der Waals surface area contributed by atoms with Crippen LogP contribution in [-0.4, -0.2) is 22.4 Å². The zero-order valence-electron chi connectivity index (χ0n) is 15.2. The fourth-order valence-corrected chi connectivity index (χ4v) is 5.48. The Morgan fingerprint density at radius 3 is 2.36 bits per heavy atom. The first kappa shape index (κ1) is 18.3. The second kappa shape index (κ2) is 7.66. The van der Waals surface area contributed by atoms with E-state index in [0.717, 1.165) is 18.3 Å². The molecule has 0 aromatic heterocycles. The summed E-state index contributed by atoms with van der Waals surface area (Å²) < 4.78 is 0. The molecular weight excluding hydrogens is 272 g/mol. The first-order valence-corrected chi connectivity index (χ1v) is 9.70. The summed E-state index contributed by atoms with van der Waals surface area (Å²) in [5, 5.41) is 20.5. The molecule has 0 heterocycles. The summed E-state index contributed by atoms with van der Waals surface area (Å²) in [6.07, 6.45) is 10.2. The van der Waals surface area contributed by atoms with Crippen molar-refractivity contribution in [1.82, 2.24) is 0 Å². The molecule has 0 aromatic carbocycles. The third-order valence-electron chi connectivity index (χ3n) is 6.66. The van der Waals surface area contributed by atoms with Crippen LogP contribution in [0.2, 0.25) is 0 Å². The molecule has 22 heavy (non-hydrogen) atoms. The summed E-state index contributed by atoms with van der Waals surface area (Å²) in [5.74, 6) is 3.69. The van der Waals surface area contributed by atoms with Gasteiger partial charge in [-0.15, -0.1) is 0 Å². The third-order valence-corrected chi connectivity index (χ3v) is 6.66. The van der Waals surface area contributed by atoms with E-state index in [2.05, 4.69) is 13.8 Å². The van der Waals surface area contributed by atoms with Gasteiger partial charge in [0.15, 0.2) is 0 Å². The van der Waals surface area contributed by atoms with Gasteiger partial charge in [-0.05, 0) is 75.0 Å². The van der Waals surface area contributed by atoms with Gasteiger partial charge in [0.1, 0.15) is 0 Å². The number of hydrogen-bond donors (Lipinski definition) is 2. The van der Waals surface area contributed by atoms with Crippen LogP contribution in [0.3, 0.4) is 0 Å². The summed E-state index contributed by atoms with van der Waals surface area (Å²) in [5.41, 5.74) is -0.578. The highest BCUT2D eigenvalue weighted by atomic mass is 16.3. The number of hydrogen-bond acceptors (Lipinski definition) is 2. The molecule has 2 nitrogen and oxygen atoms in total. The van der Waals surface area contributed by atoms with Crippen molar-refractivity contribution in [2.24, 2.45) is 35.5 Å². The van der Waals surface area contributed by atoms with Gasteiger partial charge in [0.2, 0.25) is 0 Å². The molecule has 6 atom stereocenters. The van der Waals surface area contributed by atoms with E-state index in [1.54, 1.807) is 0 Å². The first-order chi connectivity index (χ1) is 10.4. The molecule has 0 spiro atoms. The van der Waals surface area contributed by atoms with Crippen LogP contribution >= 0.6 is 0 Å². The number of aliphatic hydroxyl groups excluding tert-OH is 1. The number of aliphatic hydroxyl groups is 2. The van der Waals surface area contributed by atoms with Gasteiger partial charge in [0.05, 0.1) is 5.60 Å². The van der Waals surface area contributed by atoms with Crippen molar-refractivity contribution >= 4 is 0 Å². The third kappa shape index (κ3) is 4.26. The predicted molar refractivity (Wildman–Crippen MR) is 92.6 cm³/mol. The molecule has 0 bridgehead atoms. The van der Waals surface area contributed by atoms with Crippen LogP contribution in [0.1, 0.15) is 79.1 Å². The standard InChI is InChI=1S/C20H38O2/c1-5-6-7-15-8-9-16(13-21)17(12-15)18-10-14(2)11-19(18)20(3,4)22/h14-19,21-22H,5-13H2,1-4H3. The zero-order valence-corrected chi connectivity index (χ0v) is 15.2. The van der Waals surface area contributed by atoms with E-state index in [0.29, 0.717) is 30.3 Å². The molecule has 2 heteroatoms. The minimum Gasteiger partial charge on any atom is -0.396 e. The Morgan fingerprint density at radius 1 is 1.05 bits per heavy atom. The lowest BCUT2D eigenvalue weighted by molar-refractivity contribution is -0.0359. The normalized spacial score (nSPS) is 40.1. The van der Waals surface area contributed by atoms with Crippen molar-refractivity contribution < 1.29 is 10.2 Å². The van der Waals surface area contributed by atoms with Gasteiger partial charge in [-0.25, -0.2) is 0 Å². The molecule has 2 rings (SSSR count). The van der Waals surface area contributed by atoms with E-state index in [9.17, 15) is 10.2 Å². The molecule has 130 valence electrons. The van der Waals surface area contributed by atoms with Crippen molar-refractivity contribution in [1.29, 1.82) is 0 Å². The van der Waals surface area contributed by atoms with Crippen LogP contribution in [0, 0.1) is 35.5 Å². The molecule has 0 aromatic rings. The lowest BCUT2D eigenvalue weighted by atomic mass is 9.63. The van der Waals surface area contributed by atoms with Gasteiger partial charge in [-0.1, -0.05) is 39.5 Å². The summed E-state index contributed by atoms with van der Waals surface area (Å²) in [6.45, 7) is 8.95. The Hall–Kier alpha value is -0.0800. The van der Waals surface area contributed by atoms with Crippen LogP contribution in [0.25, 0.3) is 0 Å². The van der Waals surface area contributed by atoms with Crippen LogP contribution < -0.4 is 0 Å². The lowest BCUT2D eigenvalue weighted by Crippen LogP contribution is -2.41. The first-order valence-electron chi connectivity index (χ1n) is 9.70. The van der Waals surface area contributed by atoms with Gasteiger partial charge in [0.25, 0.3) is 0 Å². The highest BCUT2D eigenvalue weighted by Gasteiger charge is 2.47. The number of unbranched alkanes of at least 4 members (excludes halogenated alkanes) is 1. The van der Waals surface area contributed by atoms with Crippen LogP contribution in [0.15, 0.2) is 0 Å². The molecule has 0 saturated heterocycles. The molecule has 2 N–H and O–H groups in total. The van der Waals surface area contributed by atoms with E-state index >= 15 is 0 Å². The molecular formula is C20H38O2. The summed E-state index contributed by atoms with van der Waals surface area (Å²) in [6, 6.07) is 0. The topological polar surface area (TPSA) is 40.5 Å². The lowest BCUT2D eigenvalue weighted by Gasteiger charge is -2.43. The van der Waals surface area contributed by atoms with Gasteiger partial charge in [-0.3, -0.25) is 0 Å². The summed E-state index contributed by atoms with van der Waals surface area (Å²) in [7, 11) is 0. The van der Waals surface area contributed by atoms with Crippen LogP contribution in [-0.2, 0) is 0 Å². The molecule has 2 fully saturated rings. The predicted octanol–water partition coefficient (Wildman–Crippen LogP) is 4.63. The highest BCUT2D eigenvalue weighted by Crippen LogP contribution is 2.52. The van der Waals surface area contributed by atoms with Crippen LogP contribution in [0.4, 0.5) is 0 Å². The van der Waals surface area contributed by atoms with Gasteiger partial charge in [-0.2, -0.15) is 0 Å². The SMILES string of the molecule is CCCCC1CCC(CO)C(C2CC(C)CC2C(C)(C)O)C1. The second-order valence-corrected chi connectivity index (χ2v) is 8.93. The molecule has 0 aliphatic heterocycles. The summed E-state index contributed by atoms with van der Waals surface area (Å²) >= 11 is 0. The Balaban J connectivity index is 2.10. The molecule has 2 saturated carbocycles. The molecule has 6 unspecified atom stereocenters. The molecule has 2 aliphatic rings. The van der Waals surface area contributed by atoms with E-state index in [-0.39, 0.29) is 0 Å². The minimum absolute atomic E-state index is 0.342. The maximum absolute atomic E-state index is 10.6. The fraction of sp³-hybridized carbons (Fsp3) is 1.00. The summed E-state index contributed by atoms with van der Waals surface area (Å²) in [4.78, 5) is 0. The van der Waals surface area contributed by atoms with E-state index in [1.165, 1.54) is 44.9 Å². The minimum atomic E-state index is -0.578. The Labute approximate surface area is 137 Å². The molecule has 0 radical (unpaired) electrons. The fourth-order valence-electron chi connectivity index (χ4n) is 5.48. The number of rotatable bonds is 6. The quantitative estimate of drug-likeness (QED) is 0.750. The van der Waals surface area contributed by atoms with Gasteiger partial charge >= 0.3 is 0 Å². The van der Waals surface area contributed by atoms with Gasteiger partial charge < -0.3 is 10.2 Å². The second-order valence-electron chi connectivity index (χ2n) is 8.93. The average Bonchev–Trinajstić information content (AvgIpc) is 2.87. The van der Waals surface area contributed by atoms with E-state index in [1.807, 2.05) is 13.8 Å². The van der Waals surface area contributed by atoms with Crippen molar-refractivity contribution in [2.45, 2.75) is 84.7 Å². The van der Waals surface area contributed by atoms with Crippen LogP contribution in [0.5, 0.6) is 0 Å². The van der Waals surface area contributed by atoms with E-state index in [4.69, 9.17) is 0 Å². The monoisotopic (exact) mass is 310 g/mol. The maximum atomic E-state index is 10.6. The van der Waals surface area contributed by atoms with Crippen molar-refractivity contribution in [3.05, 3.63) is 0 Å². The zero-order chi connectivity index (χ0) is 16.3. The highest BCUT2D eigenvalue weighted by molar-refractivity contribution is 4.96.